The molecular formula is C23H26N2O4. The van der Waals surface area contributed by atoms with Gasteiger partial charge in [0.15, 0.2) is 11.5 Å². The second-order valence-electron chi connectivity index (χ2n) is 7.43. The van der Waals surface area contributed by atoms with Crippen LogP contribution in [0.1, 0.15) is 39.9 Å². The fourth-order valence-corrected chi connectivity index (χ4v) is 4.40. The van der Waals surface area contributed by atoms with Crippen molar-refractivity contribution in [2.75, 3.05) is 32.7 Å². The van der Waals surface area contributed by atoms with Gasteiger partial charge in [0.2, 0.25) is 0 Å². The first kappa shape index (κ1) is 19.3. The molecule has 3 unspecified atom stereocenters. The highest BCUT2D eigenvalue weighted by molar-refractivity contribution is 6.00. The van der Waals surface area contributed by atoms with E-state index in [9.17, 15) is 9.90 Å². The molecule has 1 aliphatic carbocycles. The zero-order valence-electron chi connectivity index (χ0n) is 16.6. The summed E-state index contributed by atoms with van der Waals surface area (Å²) in [6.45, 7) is 0.927. The van der Waals surface area contributed by atoms with E-state index in [1.165, 1.54) is 7.11 Å². The first-order valence-electron chi connectivity index (χ1n) is 9.84. The Labute approximate surface area is 170 Å². The first-order chi connectivity index (χ1) is 14.1. The molecule has 29 heavy (non-hydrogen) atoms. The molecule has 0 aromatic heterocycles. The molecule has 0 fully saturated rings. The molecule has 3 N–H and O–H groups in total. The smallest absolute Gasteiger partial charge is 0.253 e. The fourth-order valence-electron chi connectivity index (χ4n) is 4.40. The average molecular weight is 394 g/mol. The quantitative estimate of drug-likeness (QED) is 0.515. The summed E-state index contributed by atoms with van der Waals surface area (Å²) in [5.41, 5.74) is 3.59. The molecule has 0 spiro atoms. The third kappa shape index (κ3) is 3.56. The standard InChI is InChI=1S/C23H26N2O4/c1-28-12-11-24-23(27)18-8-4-7-17-15-5-3-6-16(15)21(25-22(17)18)14-9-10-20(29-2)19(26)13-14/h3-5,7-10,13,15-16,21,25-26H,6,11-12H2,1-2H3,(H,24,27). The lowest BCUT2D eigenvalue weighted by molar-refractivity contribution is 0.0937. The predicted molar refractivity (Wildman–Crippen MR) is 112 cm³/mol. The van der Waals surface area contributed by atoms with Crippen molar-refractivity contribution in [3.05, 3.63) is 65.2 Å². The van der Waals surface area contributed by atoms with E-state index in [4.69, 9.17) is 9.47 Å². The number of para-hydroxylation sites is 1. The van der Waals surface area contributed by atoms with Crippen molar-refractivity contribution in [2.45, 2.75) is 18.4 Å². The number of methoxy groups -OCH3 is 2. The Bertz CT molecular complexity index is 940. The van der Waals surface area contributed by atoms with Gasteiger partial charge in [-0.25, -0.2) is 0 Å². The lowest BCUT2D eigenvalue weighted by atomic mass is 9.76. The van der Waals surface area contributed by atoms with Crippen LogP contribution in [0.5, 0.6) is 11.5 Å². The first-order valence-corrected chi connectivity index (χ1v) is 9.84. The van der Waals surface area contributed by atoms with Crippen molar-refractivity contribution in [1.82, 2.24) is 5.32 Å². The molecule has 1 aliphatic heterocycles. The second kappa shape index (κ2) is 8.17. The molecule has 6 nitrogen and oxygen atoms in total. The molecule has 3 atom stereocenters. The van der Waals surface area contributed by atoms with Crippen LogP contribution >= 0.6 is 0 Å². The van der Waals surface area contributed by atoms with Crippen molar-refractivity contribution in [3.63, 3.8) is 0 Å². The normalized spacial score (nSPS) is 21.8. The van der Waals surface area contributed by atoms with Crippen LogP contribution in [0.2, 0.25) is 0 Å². The summed E-state index contributed by atoms with van der Waals surface area (Å²) in [4.78, 5) is 12.8. The maximum Gasteiger partial charge on any atom is 0.253 e. The third-order valence-corrected chi connectivity index (χ3v) is 5.80. The van der Waals surface area contributed by atoms with E-state index in [0.29, 0.717) is 30.4 Å². The number of allylic oxidation sites excluding steroid dienone is 2. The van der Waals surface area contributed by atoms with Gasteiger partial charge in [-0.3, -0.25) is 4.79 Å². The van der Waals surface area contributed by atoms with Crippen molar-refractivity contribution in [3.8, 4) is 11.5 Å². The summed E-state index contributed by atoms with van der Waals surface area (Å²) in [6.07, 6.45) is 5.37. The van der Waals surface area contributed by atoms with Crippen molar-refractivity contribution in [2.24, 2.45) is 5.92 Å². The minimum Gasteiger partial charge on any atom is -0.504 e. The Morgan fingerprint density at radius 3 is 2.90 bits per heavy atom. The van der Waals surface area contributed by atoms with Crippen LogP contribution < -0.4 is 15.4 Å². The minimum absolute atomic E-state index is 0.0211. The topological polar surface area (TPSA) is 79.8 Å². The average Bonchev–Trinajstić information content (AvgIpc) is 3.23. The number of anilines is 1. The SMILES string of the molecule is COCCNC(=O)c1cccc2c1NC(c1ccc(OC)c(O)c1)C1CC=CC21. The number of carbonyl (C=O) groups excluding carboxylic acids is 1. The zero-order chi connectivity index (χ0) is 20.4. The number of rotatable bonds is 6. The highest BCUT2D eigenvalue weighted by Gasteiger charge is 2.39. The number of amides is 1. The monoisotopic (exact) mass is 394 g/mol. The van der Waals surface area contributed by atoms with Crippen LogP contribution in [0.15, 0.2) is 48.6 Å². The lowest BCUT2D eigenvalue weighted by Crippen LogP contribution is -2.33. The number of phenolic OH excluding ortho intramolecular Hbond substituents is 1. The van der Waals surface area contributed by atoms with Gasteiger partial charge in [0.1, 0.15) is 0 Å². The molecule has 2 aliphatic rings. The molecule has 0 bridgehead atoms. The Kier molecular flexibility index (Phi) is 5.45. The minimum atomic E-state index is -0.122. The van der Waals surface area contributed by atoms with E-state index >= 15 is 0 Å². The summed E-state index contributed by atoms with van der Waals surface area (Å²) >= 11 is 0. The Hall–Kier alpha value is -2.99. The number of hydrogen-bond donors (Lipinski definition) is 3. The van der Waals surface area contributed by atoms with Gasteiger partial charge < -0.3 is 25.2 Å². The number of benzene rings is 2. The Balaban J connectivity index is 1.70. The second-order valence-corrected chi connectivity index (χ2v) is 7.43. The van der Waals surface area contributed by atoms with Crippen molar-refractivity contribution < 1.29 is 19.4 Å². The molecule has 4 rings (SSSR count). The number of hydrogen-bond acceptors (Lipinski definition) is 5. The van der Waals surface area contributed by atoms with Crippen LogP contribution in [-0.4, -0.2) is 38.4 Å². The van der Waals surface area contributed by atoms with Crippen LogP contribution in [0.4, 0.5) is 5.69 Å². The number of carbonyl (C=O) groups is 1. The van der Waals surface area contributed by atoms with E-state index < -0.39 is 0 Å². The summed E-state index contributed by atoms with van der Waals surface area (Å²) in [7, 11) is 3.15. The van der Waals surface area contributed by atoms with Gasteiger partial charge in [0, 0.05) is 19.6 Å². The molecule has 1 amide bonds. The van der Waals surface area contributed by atoms with Gasteiger partial charge in [-0.1, -0.05) is 30.4 Å². The summed E-state index contributed by atoms with van der Waals surface area (Å²) in [5, 5.41) is 16.8. The van der Waals surface area contributed by atoms with Gasteiger partial charge in [0.25, 0.3) is 5.91 Å². The molecule has 152 valence electrons. The highest BCUT2D eigenvalue weighted by Crippen LogP contribution is 2.51. The molecular weight excluding hydrogens is 368 g/mol. The summed E-state index contributed by atoms with van der Waals surface area (Å²) < 4.78 is 10.2. The van der Waals surface area contributed by atoms with Crippen LogP contribution in [-0.2, 0) is 4.74 Å². The molecule has 2 aromatic rings. The maximum absolute atomic E-state index is 12.8. The van der Waals surface area contributed by atoms with Gasteiger partial charge in [-0.05, 0) is 41.7 Å². The zero-order valence-corrected chi connectivity index (χ0v) is 16.6. The summed E-state index contributed by atoms with van der Waals surface area (Å²) in [5.74, 6) is 0.993. The van der Waals surface area contributed by atoms with Gasteiger partial charge in [-0.2, -0.15) is 0 Å². The Morgan fingerprint density at radius 2 is 2.14 bits per heavy atom. The van der Waals surface area contributed by atoms with E-state index in [1.807, 2.05) is 18.2 Å². The van der Waals surface area contributed by atoms with E-state index in [1.54, 1.807) is 19.2 Å². The maximum atomic E-state index is 12.8. The molecule has 0 saturated heterocycles. The highest BCUT2D eigenvalue weighted by atomic mass is 16.5. The summed E-state index contributed by atoms with van der Waals surface area (Å²) in [6, 6.07) is 11.3. The van der Waals surface area contributed by atoms with Gasteiger partial charge in [-0.15, -0.1) is 0 Å². The van der Waals surface area contributed by atoms with Crippen LogP contribution in [0, 0.1) is 5.92 Å². The van der Waals surface area contributed by atoms with E-state index in [0.717, 1.165) is 23.2 Å². The molecule has 2 aromatic carbocycles. The molecule has 1 heterocycles. The fraction of sp³-hybridized carbons (Fsp3) is 0.348. The predicted octanol–water partition coefficient (Wildman–Crippen LogP) is 3.60. The number of phenols is 1. The molecule has 6 heteroatoms. The number of nitrogens with one attached hydrogen (secondary N) is 2. The van der Waals surface area contributed by atoms with Gasteiger partial charge >= 0.3 is 0 Å². The largest absolute Gasteiger partial charge is 0.504 e. The third-order valence-electron chi connectivity index (χ3n) is 5.80. The van der Waals surface area contributed by atoms with Crippen molar-refractivity contribution in [1.29, 1.82) is 0 Å². The molecule has 0 saturated carbocycles. The molecule has 0 radical (unpaired) electrons. The Morgan fingerprint density at radius 1 is 1.28 bits per heavy atom. The number of fused-ring (bicyclic) bond motifs is 3. The lowest BCUT2D eigenvalue weighted by Gasteiger charge is -2.38. The van der Waals surface area contributed by atoms with Gasteiger partial charge in [0.05, 0.1) is 31.0 Å². The van der Waals surface area contributed by atoms with E-state index in [2.05, 4.69) is 28.9 Å². The van der Waals surface area contributed by atoms with E-state index in [-0.39, 0.29) is 23.6 Å². The van der Waals surface area contributed by atoms with Crippen LogP contribution in [0.3, 0.4) is 0 Å². The number of aromatic hydroxyl groups is 1. The number of ether oxygens (including phenoxy) is 2. The van der Waals surface area contributed by atoms with Crippen LogP contribution in [0.25, 0.3) is 0 Å². The van der Waals surface area contributed by atoms with Crippen molar-refractivity contribution >= 4 is 11.6 Å².